The predicted octanol–water partition coefficient (Wildman–Crippen LogP) is 5.09. The van der Waals surface area contributed by atoms with Gasteiger partial charge in [0, 0.05) is 0 Å². The molecular weight excluding hydrogens is 482 g/mol. The van der Waals surface area contributed by atoms with Gasteiger partial charge in [0.2, 0.25) is 0 Å². The lowest BCUT2D eigenvalue weighted by molar-refractivity contribution is -0.366. The van der Waals surface area contributed by atoms with Crippen LogP contribution in [0.15, 0.2) is 0 Å². The van der Waals surface area contributed by atoms with Gasteiger partial charge in [-0.15, -0.1) is 0 Å². The maximum absolute atomic E-state index is 13.2. The van der Waals surface area contributed by atoms with Crippen LogP contribution in [0.2, 0.25) is 0 Å². The first kappa shape index (κ1) is 27.9. The monoisotopic (exact) mass is 496 g/mol. The molecule has 186 valence electrons. The van der Waals surface area contributed by atoms with Gasteiger partial charge < -0.3 is 14.2 Å². The van der Waals surface area contributed by atoms with Crippen molar-refractivity contribution in [1.29, 1.82) is 0 Å². The summed E-state index contributed by atoms with van der Waals surface area (Å²) in [5.74, 6) is -24.4. The fourth-order valence-corrected chi connectivity index (χ4v) is 2.21. The van der Waals surface area contributed by atoms with Crippen LogP contribution in [0, 0.1) is 5.41 Å². The summed E-state index contributed by atoms with van der Waals surface area (Å²) in [6.45, 7) is -6.69. The maximum Gasteiger partial charge on any atom is 0.459 e. The third-order valence-electron chi connectivity index (χ3n) is 4.46. The van der Waals surface area contributed by atoms with Crippen molar-refractivity contribution in [2.45, 2.75) is 49.1 Å². The van der Waals surface area contributed by atoms with E-state index in [1.807, 2.05) is 0 Å². The minimum Gasteiger partial charge on any atom is -0.377 e. The highest BCUT2D eigenvalue weighted by molar-refractivity contribution is 4.96. The van der Waals surface area contributed by atoms with Crippen LogP contribution in [-0.2, 0) is 14.2 Å². The summed E-state index contributed by atoms with van der Waals surface area (Å²) in [6.07, 6.45) is -14.4. The highest BCUT2D eigenvalue weighted by Gasteiger charge is 2.74. The van der Waals surface area contributed by atoms with Crippen LogP contribution >= 0.6 is 0 Å². The Hall–Kier alpha value is -1.10. The smallest absolute Gasteiger partial charge is 0.377 e. The Morgan fingerprint density at radius 2 is 1.00 bits per heavy atom. The van der Waals surface area contributed by atoms with Gasteiger partial charge in [0.1, 0.15) is 13.2 Å². The van der Waals surface area contributed by atoms with E-state index in [1.54, 1.807) is 0 Å². The van der Waals surface area contributed by atoms with Crippen molar-refractivity contribution < 1.29 is 75.7 Å². The number of hydrogen-bond donors (Lipinski definition) is 0. The van der Waals surface area contributed by atoms with E-state index in [-0.39, 0.29) is 0 Å². The largest absolute Gasteiger partial charge is 0.459 e. The molecule has 0 aliphatic carbocycles. The highest BCUT2D eigenvalue weighted by Crippen LogP contribution is 2.48. The van der Waals surface area contributed by atoms with Gasteiger partial charge in [0.25, 0.3) is 0 Å². The molecule has 17 heteroatoms. The first-order valence-electron chi connectivity index (χ1n) is 7.96. The van der Waals surface area contributed by atoms with Gasteiger partial charge in [-0.2, -0.15) is 61.5 Å². The molecule has 1 heterocycles. The second-order valence-electron chi connectivity index (χ2n) is 6.85. The van der Waals surface area contributed by atoms with Gasteiger partial charge in [-0.25, -0.2) is 0 Å². The molecule has 0 saturated carbocycles. The first-order valence-corrected chi connectivity index (χ1v) is 7.96. The van der Waals surface area contributed by atoms with E-state index in [1.165, 1.54) is 0 Å². The van der Waals surface area contributed by atoms with E-state index in [0.29, 0.717) is 0 Å². The molecule has 0 spiro atoms. The SMILES string of the molecule is CC1OCC1(COCC(F)(F)C(F)(F)C(F)(F)F)COCC(F)(F)C(F)(F)C(F)(F)F. The molecular formula is C14H14F14O3. The Bertz CT molecular complexity index is 568. The number of ether oxygens (including phenoxy) is 3. The standard InChI is InChI=1S/C14H14F14O3/c1-7-8(4-31-7,2-29-5-9(15,16)11(19,20)13(23,24)25)3-30-6-10(17,18)12(21,22)14(26,27)28/h7H,2-6H2,1H3. The lowest BCUT2D eigenvalue weighted by atomic mass is 9.80. The summed E-state index contributed by atoms with van der Waals surface area (Å²) in [7, 11) is 0. The second kappa shape index (κ2) is 8.35. The van der Waals surface area contributed by atoms with E-state index in [0.717, 1.165) is 6.92 Å². The molecule has 1 rings (SSSR count). The maximum atomic E-state index is 13.2. The molecule has 0 N–H and O–H groups in total. The van der Waals surface area contributed by atoms with Crippen molar-refractivity contribution in [2.75, 3.05) is 33.0 Å². The third kappa shape index (κ3) is 5.29. The molecule has 1 unspecified atom stereocenters. The van der Waals surface area contributed by atoms with Crippen LogP contribution in [0.1, 0.15) is 6.92 Å². The summed E-state index contributed by atoms with van der Waals surface area (Å²) < 4.78 is 189. The van der Waals surface area contributed by atoms with E-state index in [9.17, 15) is 61.5 Å². The van der Waals surface area contributed by atoms with Gasteiger partial charge >= 0.3 is 36.0 Å². The molecule has 3 nitrogen and oxygen atoms in total. The van der Waals surface area contributed by atoms with Crippen molar-refractivity contribution in [3.8, 4) is 0 Å². The Labute approximate surface area is 164 Å². The van der Waals surface area contributed by atoms with Crippen LogP contribution in [0.4, 0.5) is 61.5 Å². The summed E-state index contributed by atoms with van der Waals surface area (Å²) in [5.41, 5.74) is -1.76. The zero-order valence-electron chi connectivity index (χ0n) is 15.1. The van der Waals surface area contributed by atoms with Crippen LogP contribution in [0.5, 0.6) is 0 Å². The average Bonchev–Trinajstić information content (AvgIpc) is 2.56. The van der Waals surface area contributed by atoms with E-state index in [4.69, 9.17) is 4.74 Å². The first-order chi connectivity index (χ1) is 13.5. The van der Waals surface area contributed by atoms with Crippen LogP contribution in [-0.4, -0.2) is 75.2 Å². The number of alkyl halides is 14. The fraction of sp³-hybridized carbons (Fsp3) is 1.00. The van der Waals surface area contributed by atoms with E-state index in [2.05, 4.69) is 9.47 Å². The van der Waals surface area contributed by atoms with Crippen molar-refractivity contribution in [3.05, 3.63) is 0 Å². The Morgan fingerprint density at radius 1 is 0.677 bits per heavy atom. The van der Waals surface area contributed by atoms with Crippen molar-refractivity contribution in [3.63, 3.8) is 0 Å². The lowest BCUT2D eigenvalue weighted by Gasteiger charge is -2.47. The van der Waals surface area contributed by atoms with Crippen molar-refractivity contribution >= 4 is 0 Å². The molecule has 0 aromatic rings. The summed E-state index contributed by atoms with van der Waals surface area (Å²) in [5, 5.41) is 0. The number of halogens is 14. The zero-order chi connectivity index (χ0) is 24.7. The van der Waals surface area contributed by atoms with E-state index < -0.39 is 80.6 Å². The van der Waals surface area contributed by atoms with Crippen LogP contribution in [0.3, 0.4) is 0 Å². The van der Waals surface area contributed by atoms with Crippen LogP contribution < -0.4 is 0 Å². The summed E-state index contributed by atoms with van der Waals surface area (Å²) >= 11 is 0. The topological polar surface area (TPSA) is 27.7 Å². The minimum absolute atomic E-state index is 0.587. The Balaban J connectivity index is 2.74. The third-order valence-corrected chi connectivity index (χ3v) is 4.46. The molecule has 31 heavy (non-hydrogen) atoms. The average molecular weight is 496 g/mol. The van der Waals surface area contributed by atoms with Gasteiger partial charge in [0.15, 0.2) is 0 Å². The summed E-state index contributed by atoms with van der Waals surface area (Å²) in [6, 6.07) is 0. The Morgan fingerprint density at radius 3 is 1.19 bits per heavy atom. The Kier molecular flexibility index (Phi) is 7.53. The molecule has 0 bridgehead atoms. The molecule has 1 fully saturated rings. The number of rotatable bonds is 10. The molecule has 0 aromatic heterocycles. The van der Waals surface area contributed by atoms with Crippen molar-refractivity contribution in [2.24, 2.45) is 5.41 Å². The lowest BCUT2D eigenvalue weighted by Crippen LogP contribution is -2.59. The normalized spacial score (nSPS) is 21.2. The molecule has 0 aromatic carbocycles. The molecule has 0 amide bonds. The molecule has 1 aliphatic rings. The van der Waals surface area contributed by atoms with E-state index >= 15 is 0 Å². The van der Waals surface area contributed by atoms with Gasteiger partial charge in [0.05, 0.1) is 31.3 Å². The van der Waals surface area contributed by atoms with Crippen molar-refractivity contribution in [1.82, 2.24) is 0 Å². The fourth-order valence-electron chi connectivity index (χ4n) is 2.21. The minimum atomic E-state index is -6.62. The van der Waals surface area contributed by atoms with Crippen LogP contribution in [0.25, 0.3) is 0 Å². The summed E-state index contributed by atoms with van der Waals surface area (Å²) in [4.78, 5) is 0. The second-order valence-corrected chi connectivity index (χ2v) is 6.85. The molecule has 1 saturated heterocycles. The predicted molar refractivity (Wildman–Crippen MR) is 71.4 cm³/mol. The zero-order valence-corrected chi connectivity index (χ0v) is 15.1. The molecule has 1 aliphatic heterocycles. The van der Waals surface area contributed by atoms with Gasteiger partial charge in [-0.1, -0.05) is 0 Å². The highest BCUT2D eigenvalue weighted by atomic mass is 19.4. The van der Waals surface area contributed by atoms with Gasteiger partial charge in [-0.3, -0.25) is 0 Å². The molecule has 0 radical (unpaired) electrons. The molecule has 1 atom stereocenters. The quantitative estimate of drug-likeness (QED) is 0.395. The van der Waals surface area contributed by atoms with Gasteiger partial charge in [-0.05, 0) is 6.92 Å². The number of hydrogen-bond acceptors (Lipinski definition) is 3.